The fourth-order valence-electron chi connectivity index (χ4n) is 1.31. The van der Waals surface area contributed by atoms with E-state index in [0.29, 0.717) is 6.04 Å². The van der Waals surface area contributed by atoms with E-state index in [1.807, 2.05) is 4.68 Å². The third kappa shape index (κ3) is 2.76. The summed E-state index contributed by atoms with van der Waals surface area (Å²) in [6.07, 6.45) is 4.52. The SMILES string of the molecule is CCCCNc1nn(C(C)C)cc1C. The molecule has 0 fully saturated rings. The van der Waals surface area contributed by atoms with Gasteiger partial charge in [0.15, 0.2) is 5.82 Å². The van der Waals surface area contributed by atoms with Gasteiger partial charge in [0.1, 0.15) is 0 Å². The van der Waals surface area contributed by atoms with Crippen molar-refractivity contribution in [3.8, 4) is 0 Å². The molecular weight excluding hydrogens is 174 g/mol. The van der Waals surface area contributed by atoms with Gasteiger partial charge in [-0.05, 0) is 27.2 Å². The van der Waals surface area contributed by atoms with Crippen molar-refractivity contribution in [2.75, 3.05) is 11.9 Å². The third-order valence-electron chi connectivity index (χ3n) is 2.27. The van der Waals surface area contributed by atoms with Crippen molar-refractivity contribution >= 4 is 5.82 Å². The number of hydrogen-bond acceptors (Lipinski definition) is 2. The van der Waals surface area contributed by atoms with Crippen LogP contribution in [0.15, 0.2) is 6.20 Å². The van der Waals surface area contributed by atoms with Crippen molar-refractivity contribution in [1.82, 2.24) is 9.78 Å². The van der Waals surface area contributed by atoms with Crippen molar-refractivity contribution in [2.45, 2.75) is 46.6 Å². The molecule has 80 valence electrons. The van der Waals surface area contributed by atoms with E-state index in [2.05, 4.69) is 44.3 Å². The van der Waals surface area contributed by atoms with E-state index in [1.165, 1.54) is 18.4 Å². The number of unbranched alkanes of at least 4 members (excludes halogenated alkanes) is 1. The molecule has 1 N–H and O–H groups in total. The van der Waals surface area contributed by atoms with Crippen LogP contribution in [-0.2, 0) is 0 Å². The minimum absolute atomic E-state index is 0.440. The summed E-state index contributed by atoms with van der Waals surface area (Å²) < 4.78 is 2.00. The van der Waals surface area contributed by atoms with Gasteiger partial charge in [-0.1, -0.05) is 13.3 Å². The van der Waals surface area contributed by atoms with Gasteiger partial charge in [0.25, 0.3) is 0 Å². The van der Waals surface area contributed by atoms with Crippen molar-refractivity contribution in [3.05, 3.63) is 11.8 Å². The summed E-state index contributed by atoms with van der Waals surface area (Å²) in [5, 5.41) is 7.84. The highest BCUT2D eigenvalue weighted by Gasteiger charge is 2.05. The first kappa shape index (κ1) is 11.1. The Kier molecular flexibility index (Phi) is 3.98. The first-order valence-corrected chi connectivity index (χ1v) is 5.44. The minimum atomic E-state index is 0.440. The van der Waals surface area contributed by atoms with Crippen LogP contribution < -0.4 is 5.32 Å². The first-order valence-electron chi connectivity index (χ1n) is 5.44. The second-order valence-electron chi connectivity index (χ2n) is 4.01. The van der Waals surface area contributed by atoms with E-state index in [1.54, 1.807) is 0 Å². The average molecular weight is 195 g/mol. The Morgan fingerprint density at radius 3 is 2.71 bits per heavy atom. The van der Waals surface area contributed by atoms with Crippen molar-refractivity contribution < 1.29 is 0 Å². The van der Waals surface area contributed by atoms with Crippen molar-refractivity contribution in [3.63, 3.8) is 0 Å². The third-order valence-corrected chi connectivity index (χ3v) is 2.27. The number of aromatic nitrogens is 2. The Balaban J connectivity index is 2.58. The van der Waals surface area contributed by atoms with Gasteiger partial charge >= 0.3 is 0 Å². The molecule has 0 radical (unpaired) electrons. The monoisotopic (exact) mass is 195 g/mol. The second-order valence-corrected chi connectivity index (χ2v) is 4.01. The highest BCUT2D eigenvalue weighted by Crippen LogP contribution is 2.14. The van der Waals surface area contributed by atoms with Crippen LogP contribution >= 0.6 is 0 Å². The lowest BCUT2D eigenvalue weighted by molar-refractivity contribution is 0.533. The summed E-state index contributed by atoms with van der Waals surface area (Å²) in [5.74, 6) is 1.03. The quantitative estimate of drug-likeness (QED) is 0.732. The maximum Gasteiger partial charge on any atom is 0.150 e. The maximum atomic E-state index is 4.49. The summed E-state index contributed by atoms with van der Waals surface area (Å²) in [7, 11) is 0. The zero-order chi connectivity index (χ0) is 10.6. The fraction of sp³-hybridized carbons (Fsp3) is 0.727. The predicted octanol–water partition coefficient (Wildman–Crippen LogP) is 2.98. The average Bonchev–Trinajstić information content (AvgIpc) is 2.49. The standard InChI is InChI=1S/C11H21N3/c1-5-6-7-12-11-10(4)8-14(13-11)9(2)3/h8-9H,5-7H2,1-4H3,(H,12,13). The molecule has 0 unspecified atom stereocenters. The van der Waals surface area contributed by atoms with Gasteiger partial charge in [-0.2, -0.15) is 5.10 Å². The smallest absolute Gasteiger partial charge is 0.150 e. The Morgan fingerprint density at radius 2 is 2.21 bits per heavy atom. The molecule has 0 saturated carbocycles. The van der Waals surface area contributed by atoms with Crippen LogP contribution in [0, 0.1) is 6.92 Å². The van der Waals surface area contributed by atoms with Gasteiger partial charge in [0, 0.05) is 24.3 Å². The van der Waals surface area contributed by atoms with Gasteiger partial charge in [-0.15, -0.1) is 0 Å². The molecule has 14 heavy (non-hydrogen) atoms. The fourth-order valence-corrected chi connectivity index (χ4v) is 1.31. The topological polar surface area (TPSA) is 29.9 Å². The van der Waals surface area contributed by atoms with Gasteiger partial charge in [0.05, 0.1) is 0 Å². The molecule has 0 saturated heterocycles. The number of rotatable bonds is 5. The molecule has 0 aliphatic heterocycles. The van der Waals surface area contributed by atoms with Crippen LogP contribution in [0.2, 0.25) is 0 Å². The number of hydrogen-bond donors (Lipinski definition) is 1. The van der Waals surface area contributed by atoms with Gasteiger partial charge in [0.2, 0.25) is 0 Å². The van der Waals surface area contributed by atoms with Gasteiger partial charge in [-0.25, -0.2) is 0 Å². The number of anilines is 1. The van der Waals surface area contributed by atoms with E-state index < -0.39 is 0 Å². The number of nitrogens with zero attached hydrogens (tertiary/aromatic N) is 2. The zero-order valence-electron chi connectivity index (χ0n) is 9.67. The van der Waals surface area contributed by atoms with E-state index >= 15 is 0 Å². The zero-order valence-corrected chi connectivity index (χ0v) is 9.67. The summed E-state index contributed by atoms with van der Waals surface area (Å²) >= 11 is 0. The van der Waals surface area contributed by atoms with Crippen LogP contribution in [0.25, 0.3) is 0 Å². The van der Waals surface area contributed by atoms with E-state index in [-0.39, 0.29) is 0 Å². The Morgan fingerprint density at radius 1 is 1.50 bits per heavy atom. The van der Waals surface area contributed by atoms with Crippen LogP contribution in [0.3, 0.4) is 0 Å². The molecule has 0 amide bonds. The Bertz CT molecular complexity index is 276. The highest BCUT2D eigenvalue weighted by molar-refractivity contribution is 5.41. The molecule has 0 aliphatic carbocycles. The maximum absolute atomic E-state index is 4.49. The largest absolute Gasteiger partial charge is 0.368 e. The predicted molar refractivity (Wildman–Crippen MR) is 60.7 cm³/mol. The van der Waals surface area contributed by atoms with Crippen molar-refractivity contribution in [2.24, 2.45) is 0 Å². The molecule has 3 nitrogen and oxygen atoms in total. The normalized spacial score (nSPS) is 10.9. The molecule has 1 aromatic rings. The van der Waals surface area contributed by atoms with Crippen molar-refractivity contribution in [1.29, 1.82) is 0 Å². The summed E-state index contributed by atoms with van der Waals surface area (Å²) in [5.41, 5.74) is 1.23. The molecule has 1 rings (SSSR count). The molecule has 0 atom stereocenters. The molecule has 1 aromatic heterocycles. The second kappa shape index (κ2) is 5.03. The lowest BCUT2D eigenvalue weighted by atomic mass is 10.3. The summed E-state index contributed by atoms with van der Waals surface area (Å²) in [6.45, 7) is 9.60. The molecule has 3 heteroatoms. The summed E-state index contributed by atoms with van der Waals surface area (Å²) in [4.78, 5) is 0. The minimum Gasteiger partial charge on any atom is -0.368 e. The highest BCUT2D eigenvalue weighted by atomic mass is 15.3. The lowest BCUT2D eigenvalue weighted by Crippen LogP contribution is -2.05. The number of aryl methyl sites for hydroxylation is 1. The Hall–Kier alpha value is -0.990. The van der Waals surface area contributed by atoms with E-state index in [0.717, 1.165) is 12.4 Å². The Labute approximate surface area is 86.5 Å². The molecule has 0 aliphatic rings. The van der Waals surface area contributed by atoms with E-state index in [9.17, 15) is 0 Å². The first-order chi connectivity index (χ1) is 6.65. The molecule has 1 heterocycles. The number of nitrogens with one attached hydrogen (secondary N) is 1. The molecule has 0 bridgehead atoms. The lowest BCUT2D eigenvalue weighted by Gasteiger charge is -2.04. The van der Waals surface area contributed by atoms with Gasteiger partial charge < -0.3 is 5.32 Å². The summed E-state index contributed by atoms with van der Waals surface area (Å²) in [6, 6.07) is 0.440. The molecule has 0 aromatic carbocycles. The molecule has 0 spiro atoms. The molecular formula is C11H21N3. The van der Waals surface area contributed by atoms with Crippen LogP contribution in [0.4, 0.5) is 5.82 Å². The van der Waals surface area contributed by atoms with Gasteiger partial charge in [-0.3, -0.25) is 4.68 Å². The van der Waals surface area contributed by atoms with Crippen LogP contribution in [-0.4, -0.2) is 16.3 Å². The van der Waals surface area contributed by atoms with E-state index in [4.69, 9.17) is 0 Å². The van der Waals surface area contributed by atoms with Crippen LogP contribution in [0.1, 0.15) is 45.2 Å². The van der Waals surface area contributed by atoms with Crippen LogP contribution in [0.5, 0.6) is 0 Å².